The Morgan fingerprint density at radius 1 is 1.19 bits per heavy atom. The fraction of sp³-hybridized carbons (Fsp3) is 0.579. The molecule has 0 saturated carbocycles. The van der Waals surface area contributed by atoms with E-state index in [2.05, 4.69) is 4.90 Å². The first-order valence-corrected chi connectivity index (χ1v) is 9.00. The molecule has 1 aromatic carbocycles. The average molecular weight is 362 g/mol. The largest absolute Gasteiger partial charge is 0.481 e. The van der Waals surface area contributed by atoms with Crippen LogP contribution in [0.2, 0.25) is 0 Å². The van der Waals surface area contributed by atoms with E-state index in [1.54, 1.807) is 4.90 Å². The molecular formula is C19H26N2O5. The summed E-state index contributed by atoms with van der Waals surface area (Å²) in [5.41, 5.74) is 0.638. The molecule has 0 spiro atoms. The summed E-state index contributed by atoms with van der Waals surface area (Å²) in [6.07, 6.45) is 1.18. The van der Waals surface area contributed by atoms with Gasteiger partial charge in [-0.2, -0.15) is 0 Å². The van der Waals surface area contributed by atoms with Crippen LogP contribution in [-0.4, -0.2) is 75.0 Å². The van der Waals surface area contributed by atoms with Gasteiger partial charge in [-0.15, -0.1) is 0 Å². The van der Waals surface area contributed by atoms with Crippen LogP contribution in [0, 0.1) is 5.41 Å². The smallest absolute Gasteiger partial charge is 0.313 e. The normalized spacial score (nSPS) is 23.7. The third-order valence-electron chi connectivity index (χ3n) is 5.23. The van der Waals surface area contributed by atoms with E-state index in [4.69, 9.17) is 9.47 Å². The number of benzene rings is 1. The van der Waals surface area contributed by atoms with E-state index in [0.29, 0.717) is 38.2 Å². The summed E-state index contributed by atoms with van der Waals surface area (Å²) in [7, 11) is 1.50. The van der Waals surface area contributed by atoms with Crippen LogP contribution in [0.1, 0.15) is 23.2 Å². The van der Waals surface area contributed by atoms with Gasteiger partial charge < -0.3 is 24.4 Å². The monoisotopic (exact) mass is 362 g/mol. The maximum Gasteiger partial charge on any atom is 0.313 e. The standard InChI is InChI=1S/C19H26N2O5/c1-25-14-19(18(23)24)7-2-8-21(13-19)17(22)15-3-5-16(6-4-15)20-9-11-26-12-10-20/h3-6H,2,7-14H2,1H3,(H,23,24). The zero-order valence-corrected chi connectivity index (χ0v) is 15.1. The first-order chi connectivity index (χ1) is 12.6. The Labute approximate surface area is 153 Å². The Hall–Kier alpha value is -2.12. The number of methoxy groups -OCH3 is 1. The van der Waals surface area contributed by atoms with Crippen LogP contribution < -0.4 is 4.90 Å². The lowest BCUT2D eigenvalue weighted by Gasteiger charge is -2.39. The highest BCUT2D eigenvalue weighted by atomic mass is 16.5. The fourth-order valence-corrected chi connectivity index (χ4v) is 3.75. The van der Waals surface area contributed by atoms with Crippen LogP contribution in [0.3, 0.4) is 0 Å². The number of rotatable bonds is 5. The van der Waals surface area contributed by atoms with Crippen molar-refractivity contribution in [2.75, 3.05) is 58.0 Å². The highest BCUT2D eigenvalue weighted by Gasteiger charge is 2.44. The van der Waals surface area contributed by atoms with Crippen molar-refractivity contribution in [2.45, 2.75) is 12.8 Å². The van der Waals surface area contributed by atoms with E-state index in [0.717, 1.165) is 18.8 Å². The SMILES string of the molecule is COCC1(C(=O)O)CCCN(C(=O)c2ccc(N3CCOCC3)cc2)C1. The number of hydrogen-bond donors (Lipinski definition) is 1. The molecule has 26 heavy (non-hydrogen) atoms. The number of morpholine rings is 1. The van der Waals surface area contributed by atoms with Crippen molar-refractivity contribution < 1.29 is 24.2 Å². The molecule has 1 aromatic rings. The van der Waals surface area contributed by atoms with Gasteiger partial charge in [0.15, 0.2) is 0 Å². The molecule has 1 N–H and O–H groups in total. The van der Waals surface area contributed by atoms with E-state index in [1.807, 2.05) is 24.3 Å². The molecule has 0 aromatic heterocycles. The van der Waals surface area contributed by atoms with Crippen molar-refractivity contribution >= 4 is 17.6 Å². The molecule has 7 nitrogen and oxygen atoms in total. The Bertz CT molecular complexity index is 638. The van der Waals surface area contributed by atoms with Crippen molar-refractivity contribution in [3.8, 4) is 0 Å². The van der Waals surface area contributed by atoms with Gasteiger partial charge in [0.1, 0.15) is 5.41 Å². The van der Waals surface area contributed by atoms with Gasteiger partial charge in [0.05, 0.1) is 19.8 Å². The van der Waals surface area contributed by atoms with Crippen molar-refractivity contribution in [3.63, 3.8) is 0 Å². The van der Waals surface area contributed by atoms with Gasteiger partial charge >= 0.3 is 5.97 Å². The number of hydrogen-bond acceptors (Lipinski definition) is 5. The summed E-state index contributed by atoms with van der Waals surface area (Å²) in [5.74, 6) is -1.03. The first kappa shape index (κ1) is 18.7. The summed E-state index contributed by atoms with van der Waals surface area (Å²) >= 11 is 0. The summed E-state index contributed by atoms with van der Waals surface area (Å²) in [4.78, 5) is 28.5. The van der Waals surface area contributed by atoms with E-state index < -0.39 is 11.4 Å². The number of amides is 1. The Morgan fingerprint density at radius 3 is 2.50 bits per heavy atom. The second-order valence-corrected chi connectivity index (χ2v) is 7.00. The molecule has 2 fully saturated rings. The summed E-state index contributed by atoms with van der Waals surface area (Å²) < 4.78 is 10.5. The summed E-state index contributed by atoms with van der Waals surface area (Å²) in [6, 6.07) is 7.53. The lowest BCUT2D eigenvalue weighted by molar-refractivity contribution is -0.155. The molecule has 2 heterocycles. The maximum absolute atomic E-state index is 12.9. The third-order valence-corrected chi connectivity index (χ3v) is 5.23. The van der Waals surface area contributed by atoms with E-state index >= 15 is 0 Å². The third kappa shape index (κ3) is 3.83. The number of carbonyl (C=O) groups excluding carboxylic acids is 1. The summed E-state index contributed by atoms with van der Waals surface area (Å²) in [6.45, 7) is 3.98. The van der Waals surface area contributed by atoms with Crippen molar-refractivity contribution in [1.29, 1.82) is 0 Å². The van der Waals surface area contributed by atoms with Gasteiger partial charge in [0, 0.05) is 44.5 Å². The number of aliphatic carboxylic acids is 1. The van der Waals surface area contributed by atoms with Crippen molar-refractivity contribution in [2.24, 2.45) is 5.41 Å². The zero-order valence-electron chi connectivity index (χ0n) is 15.1. The van der Waals surface area contributed by atoms with Crippen molar-refractivity contribution in [1.82, 2.24) is 4.90 Å². The van der Waals surface area contributed by atoms with E-state index in [-0.39, 0.29) is 19.1 Å². The lowest BCUT2D eigenvalue weighted by atomic mass is 9.80. The van der Waals surface area contributed by atoms with Crippen LogP contribution in [-0.2, 0) is 14.3 Å². The number of carboxylic acid groups (broad SMARTS) is 1. The number of likely N-dealkylation sites (tertiary alicyclic amines) is 1. The number of nitrogens with zero attached hydrogens (tertiary/aromatic N) is 2. The van der Waals surface area contributed by atoms with Crippen molar-refractivity contribution in [3.05, 3.63) is 29.8 Å². The highest BCUT2D eigenvalue weighted by Crippen LogP contribution is 2.31. The lowest BCUT2D eigenvalue weighted by Crippen LogP contribution is -2.52. The molecule has 1 amide bonds. The molecule has 0 radical (unpaired) electrons. The minimum absolute atomic E-state index is 0.113. The van der Waals surface area contributed by atoms with Crippen LogP contribution in [0.5, 0.6) is 0 Å². The second kappa shape index (κ2) is 8.05. The molecule has 2 aliphatic heterocycles. The number of carboxylic acids is 1. The molecule has 3 rings (SSSR count). The highest BCUT2D eigenvalue weighted by molar-refractivity contribution is 5.95. The predicted octanol–water partition coefficient (Wildman–Crippen LogP) is 1.48. The van der Waals surface area contributed by atoms with Gasteiger partial charge in [-0.1, -0.05) is 0 Å². The minimum Gasteiger partial charge on any atom is -0.481 e. The fourth-order valence-electron chi connectivity index (χ4n) is 3.75. The first-order valence-electron chi connectivity index (χ1n) is 9.00. The molecule has 2 aliphatic rings. The minimum atomic E-state index is -1.02. The van der Waals surface area contributed by atoms with Crippen LogP contribution >= 0.6 is 0 Å². The van der Waals surface area contributed by atoms with Crippen LogP contribution in [0.25, 0.3) is 0 Å². The van der Waals surface area contributed by atoms with Crippen LogP contribution in [0.4, 0.5) is 5.69 Å². The quantitative estimate of drug-likeness (QED) is 0.855. The number of piperidine rings is 1. The molecule has 7 heteroatoms. The molecule has 142 valence electrons. The zero-order chi connectivity index (χ0) is 18.6. The number of carbonyl (C=O) groups is 2. The summed E-state index contributed by atoms with van der Waals surface area (Å²) in [5, 5.41) is 9.64. The molecular weight excluding hydrogens is 336 g/mol. The second-order valence-electron chi connectivity index (χ2n) is 7.00. The van der Waals surface area contributed by atoms with Gasteiger partial charge in [0.25, 0.3) is 5.91 Å². The Balaban J connectivity index is 1.71. The molecule has 1 atom stereocenters. The van der Waals surface area contributed by atoms with Crippen LogP contribution in [0.15, 0.2) is 24.3 Å². The van der Waals surface area contributed by atoms with E-state index in [9.17, 15) is 14.7 Å². The predicted molar refractivity (Wildman–Crippen MR) is 96.6 cm³/mol. The average Bonchev–Trinajstić information content (AvgIpc) is 2.68. The Morgan fingerprint density at radius 2 is 1.88 bits per heavy atom. The molecule has 2 saturated heterocycles. The topological polar surface area (TPSA) is 79.3 Å². The Kier molecular flexibility index (Phi) is 5.78. The number of anilines is 1. The van der Waals surface area contributed by atoms with E-state index in [1.165, 1.54) is 7.11 Å². The molecule has 0 aliphatic carbocycles. The molecule has 1 unspecified atom stereocenters. The van der Waals surface area contributed by atoms with Gasteiger partial charge in [-0.05, 0) is 37.1 Å². The van der Waals surface area contributed by atoms with Gasteiger partial charge in [-0.3, -0.25) is 9.59 Å². The molecule has 0 bridgehead atoms. The van der Waals surface area contributed by atoms with Gasteiger partial charge in [-0.25, -0.2) is 0 Å². The number of ether oxygens (including phenoxy) is 2. The maximum atomic E-state index is 12.9. The van der Waals surface area contributed by atoms with Gasteiger partial charge in [0.2, 0.25) is 0 Å².